The normalized spacial score (nSPS) is 18.7. The van der Waals surface area contributed by atoms with Crippen molar-refractivity contribution in [1.29, 1.82) is 0 Å². The summed E-state index contributed by atoms with van der Waals surface area (Å²) in [6.07, 6.45) is 1.20. The molecule has 1 N–H and O–H groups in total. The molecule has 0 spiro atoms. The minimum Gasteiger partial charge on any atom is -0.270 e. The Labute approximate surface area is 127 Å². The van der Waals surface area contributed by atoms with Gasteiger partial charge in [0.15, 0.2) is 0 Å². The zero-order valence-electron chi connectivity index (χ0n) is 13.4. The van der Waals surface area contributed by atoms with Gasteiger partial charge < -0.3 is 0 Å². The Balaban J connectivity index is 1.87. The first-order chi connectivity index (χ1) is 10.2. The molecule has 0 bridgehead atoms. The summed E-state index contributed by atoms with van der Waals surface area (Å²) in [6, 6.07) is 9.00. The van der Waals surface area contributed by atoms with Crippen molar-refractivity contribution in [2.45, 2.75) is 13.3 Å². The second-order valence-electron chi connectivity index (χ2n) is 6.01. The molecule has 0 fully saturated rings. The minimum atomic E-state index is 1.04. The van der Waals surface area contributed by atoms with Crippen LogP contribution in [0.2, 0.25) is 0 Å². The maximum Gasteiger partial charge on any atom is 0.279 e. The number of benzene rings is 1. The molecule has 21 heavy (non-hydrogen) atoms. The molecular weight excluding hydrogens is 260 g/mol. The molecule has 0 atom stereocenters. The van der Waals surface area contributed by atoms with Crippen molar-refractivity contribution >= 4 is 11.7 Å². The van der Waals surface area contributed by atoms with Crippen molar-refractivity contribution in [1.82, 2.24) is 10.2 Å². The van der Waals surface area contributed by atoms with Crippen LogP contribution in [0.4, 0.5) is 0 Å². The first-order valence-electron chi connectivity index (χ1n) is 7.96. The van der Waals surface area contributed by atoms with E-state index in [4.69, 9.17) is 0 Å². The molecule has 0 saturated heterocycles. The number of nitrogens with zero attached hydrogens (tertiary/aromatic N) is 3. The third-order valence-corrected chi connectivity index (χ3v) is 4.40. The van der Waals surface area contributed by atoms with E-state index >= 15 is 0 Å². The lowest BCUT2D eigenvalue weighted by atomic mass is 10.1. The van der Waals surface area contributed by atoms with Crippen LogP contribution in [0.5, 0.6) is 0 Å². The molecule has 0 radical (unpaired) electrons. The molecule has 2 aliphatic rings. The second kappa shape index (κ2) is 5.88. The van der Waals surface area contributed by atoms with Crippen LogP contribution in [0.25, 0.3) is 0 Å². The van der Waals surface area contributed by atoms with Crippen LogP contribution in [0, 0.1) is 0 Å². The number of amidine groups is 2. The molecule has 0 saturated carbocycles. The standard InChI is InChI=1S/C17H25N4/c1-4-10-21-13-12-20(3)17(21)15-7-5-14(6-8-15)16-18-9-11-19(16)2/h5-8H,4,9-13H2,1-3H3/q+1/p+1. The summed E-state index contributed by atoms with van der Waals surface area (Å²) in [6.45, 7) is 7.78. The average molecular weight is 286 g/mol. The maximum absolute atomic E-state index is 3.46. The number of rotatable bonds is 4. The number of hydrogen-bond donors (Lipinski definition) is 1. The fourth-order valence-electron chi connectivity index (χ4n) is 3.30. The molecule has 4 nitrogen and oxygen atoms in total. The van der Waals surface area contributed by atoms with E-state index in [1.165, 1.54) is 29.2 Å². The second-order valence-corrected chi connectivity index (χ2v) is 6.01. The lowest BCUT2D eigenvalue weighted by molar-refractivity contribution is -0.486. The summed E-state index contributed by atoms with van der Waals surface area (Å²) in [5.74, 6) is 2.62. The van der Waals surface area contributed by atoms with Gasteiger partial charge in [-0.15, -0.1) is 0 Å². The van der Waals surface area contributed by atoms with Crippen molar-refractivity contribution in [2.24, 2.45) is 0 Å². The molecule has 2 aliphatic heterocycles. The van der Waals surface area contributed by atoms with E-state index in [9.17, 15) is 0 Å². The average Bonchev–Trinajstić information content (AvgIpc) is 3.06. The number of hydrogen-bond acceptors (Lipinski definition) is 2. The predicted octanol–water partition coefficient (Wildman–Crippen LogP) is 0.793. The Morgan fingerprint density at radius 1 is 1.05 bits per heavy atom. The van der Waals surface area contributed by atoms with Gasteiger partial charge in [0, 0.05) is 0 Å². The molecule has 0 unspecified atom stereocenters. The van der Waals surface area contributed by atoms with Gasteiger partial charge in [0.1, 0.15) is 26.2 Å². The topological polar surface area (TPSA) is 21.3 Å². The summed E-state index contributed by atoms with van der Waals surface area (Å²) < 4.78 is 4.66. The van der Waals surface area contributed by atoms with Crippen molar-refractivity contribution in [2.75, 3.05) is 46.8 Å². The van der Waals surface area contributed by atoms with E-state index in [0.717, 1.165) is 32.7 Å². The Morgan fingerprint density at radius 3 is 2.38 bits per heavy atom. The Bertz CT molecular complexity index is 583. The van der Waals surface area contributed by atoms with E-state index in [0.29, 0.717) is 0 Å². The highest BCUT2D eigenvalue weighted by molar-refractivity contribution is 5.99. The van der Waals surface area contributed by atoms with E-state index in [2.05, 4.69) is 64.7 Å². The summed E-state index contributed by atoms with van der Waals surface area (Å²) in [5.41, 5.74) is 2.61. The van der Waals surface area contributed by atoms with E-state index in [-0.39, 0.29) is 0 Å². The fraction of sp³-hybridized carbons (Fsp3) is 0.529. The third kappa shape index (κ3) is 2.67. The molecular formula is C17H26N4+2. The zero-order chi connectivity index (χ0) is 14.8. The fourth-order valence-corrected chi connectivity index (χ4v) is 3.30. The minimum absolute atomic E-state index is 1.04. The lowest BCUT2D eigenvalue weighted by Crippen LogP contribution is -2.31. The van der Waals surface area contributed by atoms with Gasteiger partial charge in [-0.3, -0.25) is 19.4 Å². The lowest BCUT2D eigenvalue weighted by Gasteiger charge is -2.12. The van der Waals surface area contributed by atoms with Gasteiger partial charge in [-0.25, -0.2) is 0 Å². The van der Waals surface area contributed by atoms with E-state index in [1.54, 1.807) is 0 Å². The molecule has 1 aromatic rings. The highest BCUT2D eigenvalue weighted by atomic mass is 15.3. The Hall–Kier alpha value is -1.84. The number of nitrogens with one attached hydrogen (secondary N) is 1. The van der Waals surface area contributed by atoms with E-state index in [1.807, 2.05) is 0 Å². The van der Waals surface area contributed by atoms with Crippen molar-refractivity contribution in [3.63, 3.8) is 0 Å². The van der Waals surface area contributed by atoms with Gasteiger partial charge in [-0.1, -0.05) is 6.92 Å². The van der Waals surface area contributed by atoms with Crippen LogP contribution in [-0.4, -0.2) is 72.5 Å². The smallest absolute Gasteiger partial charge is 0.270 e. The first kappa shape index (κ1) is 14.1. The van der Waals surface area contributed by atoms with Crippen LogP contribution in [-0.2, 0) is 0 Å². The zero-order valence-corrected chi connectivity index (χ0v) is 13.4. The van der Waals surface area contributed by atoms with Gasteiger partial charge >= 0.3 is 0 Å². The SMILES string of the molecule is CCCN1CC[N+](C)=C1c1ccc(C2=[N+](C)CCN2)cc1. The molecule has 0 amide bonds. The van der Waals surface area contributed by atoms with Gasteiger partial charge in [0.25, 0.3) is 11.7 Å². The molecule has 1 aromatic carbocycles. The summed E-state index contributed by atoms with van der Waals surface area (Å²) >= 11 is 0. The molecule has 2 heterocycles. The summed E-state index contributed by atoms with van der Waals surface area (Å²) in [5, 5.41) is 3.46. The summed E-state index contributed by atoms with van der Waals surface area (Å²) in [7, 11) is 4.34. The Kier molecular flexibility index (Phi) is 3.95. The highest BCUT2D eigenvalue weighted by Crippen LogP contribution is 2.13. The largest absolute Gasteiger partial charge is 0.279 e. The molecule has 0 aromatic heterocycles. The monoisotopic (exact) mass is 286 g/mol. The van der Waals surface area contributed by atoms with Crippen LogP contribution in [0.1, 0.15) is 24.5 Å². The quantitative estimate of drug-likeness (QED) is 0.827. The van der Waals surface area contributed by atoms with Crippen LogP contribution < -0.4 is 5.32 Å². The van der Waals surface area contributed by atoms with Crippen LogP contribution in [0.15, 0.2) is 24.3 Å². The van der Waals surface area contributed by atoms with Crippen molar-refractivity contribution < 1.29 is 9.15 Å². The van der Waals surface area contributed by atoms with Crippen molar-refractivity contribution in [3.8, 4) is 0 Å². The first-order valence-corrected chi connectivity index (χ1v) is 7.96. The molecule has 4 heteroatoms. The maximum atomic E-state index is 3.46. The van der Waals surface area contributed by atoms with Crippen molar-refractivity contribution in [3.05, 3.63) is 35.4 Å². The summed E-state index contributed by atoms with van der Waals surface area (Å²) in [4.78, 5) is 2.50. The highest BCUT2D eigenvalue weighted by Gasteiger charge is 2.29. The molecule has 112 valence electrons. The number of likely N-dealkylation sites (N-methyl/N-ethyl adjacent to an activating group) is 2. The molecule has 3 rings (SSSR count). The third-order valence-electron chi connectivity index (χ3n) is 4.40. The van der Waals surface area contributed by atoms with Crippen LogP contribution in [0.3, 0.4) is 0 Å². The van der Waals surface area contributed by atoms with Gasteiger partial charge in [-0.2, -0.15) is 0 Å². The Morgan fingerprint density at radius 2 is 1.76 bits per heavy atom. The van der Waals surface area contributed by atoms with Gasteiger partial charge in [0.2, 0.25) is 0 Å². The van der Waals surface area contributed by atoms with E-state index < -0.39 is 0 Å². The molecule has 0 aliphatic carbocycles. The van der Waals surface area contributed by atoms with Gasteiger partial charge in [0.05, 0.1) is 31.8 Å². The van der Waals surface area contributed by atoms with Crippen LogP contribution >= 0.6 is 0 Å². The van der Waals surface area contributed by atoms with Gasteiger partial charge in [-0.05, 0) is 30.7 Å². The predicted molar refractivity (Wildman–Crippen MR) is 86.6 cm³/mol.